The van der Waals surface area contributed by atoms with Crippen molar-refractivity contribution in [1.82, 2.24) is 0 Å². The summed E-state index contributed by atoms with van der Waals surface area (Å²) in [4.78, 5) is 0. The lowest BCUT2D eigenvalue weighted by Crippen LogP contribution is -2.11. The Bertz CT molecular complexity index is 322. The summed E-state index contributed by atoms with van der Waals surface area (Å²) >= 11 is 0. The van der Waals surface area contributed by atoms with E-state index in [-0.39, 0.29) is 5.82 Å². The SMILES string of the molecule is CCC(CC1CCCCC1)c1ccc(F)cc1. The molecule has 1 aliphatic rings. The van der Waals surface area contributed by atoms with Crippen molar-refractivity contribution in [2.24, 2.45) is 5.92 Å². The Labute approximate surface area is 104 Å². The molecule has 0 spiro atoms. The number of rotatable bonds is 4. The molecule has 0 amide bonds. The minimum Gasteiger partial charge on any atom is -0.207 e. The van der Waals surface area contributed by atoms with Gasteiger partial charge in [-0.2, -0.15) is 0 Å². The summed E-state index contributed by atoms with van der Waals surface area (Å²) in [6.45, 7) is 2.25. The molecule has 0 aliphatic heterocycles. The van der Waals surface area contributed by atoms with Crippen LogP contribution in [0.3, 0.4) is 0 Å². The third-order valence-corrected chi connectivity index (χ3v) is 4.18. The molecule has 0 N–H and O–H groups in total. The molecule has 1 aromatic rings. The van der Waals surface area contributed by atoms with Crippen LogP contribution < -0.4 is 0 Å². The first kappa shape index (κ1) is 12.6. The van der Waals surface area contributed by atoms with Gasteiger partial charge >= 0.3 is 0 Å². The lowest BCUT2D eigenvalue weighted by molar-refractivity contribution is 0.314. The highest BCUT2D eigenvalue weighted by atomic mass is 19.1. The Morgan fingerprint density at radius 3 is 2.35 bits per heavy atom. The molecule has 0 nitrogen and oxygen atoms in total. The molecule has 17 heavy (non-hydrogen) atoms. The molecule has 1 fully saturated rings. The van der Waals surface area contributed by atoms with E-state index < -0.39 is 0 Å². The molecule has 0 aromatic heterocycles. The number of hydrogen-bond acceptors (Lipinski definition) is 0. The van der Waals surface area contributed by atoms with Gasteiger partial charge in [-0.25, -0.2) is 4.39 Å². The molecular weight excluding hydrogens is 211 g/mol. The van der Waals surface area contributed by atoms with Crippen LogP contribution >= 0.6 is 0 Å². The van der Waals surface area contributed by atoms with Crippen molar-refractivity contribution < 1.29 is 4.39 Å². The molecule has 1 unspecified atom stereocenters. The second-order valence-electron chi connectivity index (χ2n) is 5.40. The van der Waals surface area contributed by atoms with Gasteiger partial charge in [0.15, 0.2) is 0 Å². The molecule has 0 bridgehead atoms. The lowest BCUT2D eigenvalue weighted by Gasteiger charge is -2.26. The van der Waals surface area contributed by atoms with E-state index in [0.29, 0.717) is 5.92 Å². The van der Waals surface area contributed by atoms with E-state index in [0.717, 1.165) is 5.92 Å². The number of hydrogen-bond donors (Lipinski definition) is 0. The summed E-state index contributed by atoms with van der Waals surface area (Å²) in [7, 11) is 0. The zero-order chi connectivity index (χ0) is 12.1. The first-order valence-electron chi connectivity index (χ1n) is 7.05. The fourth-order valence-corrected chi connectivity index (χ4v) is 3.10. The molecular formula is C16H23F. The Kier molecular flexibility index (Phi) is 4.58. The van der Waals surface area contributed by atoms with Crippen LogP contribution in [-0.2, 0) is 0 Å². The molecule has 1 aliphatic carbocycles. The van der Waals surface area contributed by atoms with Crippen molar-refractivity contribution in [2.45, 2.75) is 57.8 Å². The number of benzene rings is 1. The van der Waals surface area contributed by atoms with Gasteiger partial charge in [-0.05, 0) is 42.4 Å². The summed E-state index contributed by atoms with van der Waals surface area (Å²) in [6.07, 6.45) is 9.50. The average molecular weight is 234 g/mol. The largest absolute Gasteiger partial charge is 0.207 e. The summed E-state index contributed by atoms with van der Waals surface area (Å²) in [6, 6.07) is 7.12. The molecule has 1 atom stereocenters. The van der Waals surface area contributed by atoms with Crippen LogP contribution in [0.2, 0.25) is 0 Å². The Balaban J connectivity index is 1.97. The standard InChI is InChI=1S/C16H23F/c1-2-14(12-13-6-4-3-5-7-13)15-8-10-16(17)11-9-15/h8-11,13-14H,2-7,12H2,1H3. The monoisotopic (exact) mass is 234 g/mol. The molecule has 1 saturated carbocycles. The van der Waals surface area contributed by atoms with Gasteiger partial charge in [0.2, 0.25) is 0 Å². The topological polar surface area (TPSA) is 0 Å². The van der Waals surface area contributed by atoms with Crippen LogP contribution in [0.5, 0.6) is 0 Å². The third-order valence-electron chi connectivity index (χ3n) is 4.18. The fraction of sp³-hybridized carbons (Fsp3) is 0.625. The van der Waals surface area contributed by atoms with E-state index in [1.807, 2.05) is 12.1 Å². The zero-order valence-electron chi connectivity index (χ0n) is 10.8. The Morgan fingerprint density at radius 1 is 1.12 bits per heavy atom. The average Bonchev–Trinajstić information content (AvgIpc) is 2.38. The maximum Gasteiger partial charge on any atom is 0.123 e. The first-order chi connectivity index (χ1) is 8.29. The molecule has 2 rings (SSSR count). The second-order valence-corrected chi connectivity index (χ2v) is 5.40. The van der Waals surface area contributed by atoms with Crippen molar-refractivity contribution in [2.75, 3.05) is 0 Å². The van der Waals surface area contributed by atoms with E-state index in [1.54, 1.807) is 12.1 Å². The fourth-order valence-electron chi connectivity index (χ4n) is 3.10. The van der Waals surface area contributed by atoms with Gasteiger partial charge in [0, 0.05) is 0 Å². The summed E-state index contributed by atoms with van der Waals surface area (Å²) in [5.74, 6) is 1.40. The quantitative estimate of drug-likeness (QED) is 0.664. The van der Waals surface area contributed by atoms with Crippen molar-refractivity contribution >= 4 is 0 Å². The molecule has 94 valence electrons. The van der Waals surface area contributed by atoms with Gasteiger partial charge in [0.05, 0.1) is 0 Å². The van der Waals surface area contributed by atoms with Crippen molar-refractivity contribution in [3.05, 3.63) is 35.6 Å². The summed E-state index contributed by atoms with van der Waals surface area (Å²) < 4.78 is 12.9. The summed E-state index contributed by atoms with van der Waals surface area (Å²) in [5, 5.41) is 0. The molecule has 1 heteroatoms. The molecule has 0 heterocycles. The van der Waals surface area contributed by atoms with Crippen LogP contribution in [-0.4, -0.2) is 0 Å². The van der Waals surface area contributed by atoms with Gasteiger partial charge in [0.1, 0.15) is 5.82 Å². The lowest BCUT2D eigenvalue weighted by atomic mass is 9.80. The van der Waals surface area contributed by atoms with Gasteiger partial charge in [-0.15, -0.1) is 0 Å². The third kappa shape index (κ3) is 3.55. The van der Waals surface area contributed by atoms with Crippen molar-refractivity contribution in [1.29, 1.82) is 0 Å². The molecule has 0 saturated heterocycles. The van der Waals surface area contributed by atoms with E-state index in [2.05, 4.69) is 6.92 Å². The highest BCUT2D eigenvalue weighted by Crippen LogP contribution is 2.34. The van der Waals surface area contributed by atoms with Gasteiger partial charge in [-0.1, -0.05) is 51.2 Å². The predicted molar refractivity (Wildman–Crippen MR) is 70.6 cm³/mol. The minimum atomic E-state index is -0.124. The van der Waals surface area contributed by atoms with Gasteiger partial charge < -0.3 is 0 Å². The normalized spacial score (nSPS) is 19.2. The molecule has 0 radical (unpaired) electrons. The van der Waals surface area contributed by atoms with E-state index >= 15 is 0 Å². The maximum absolute atomic E-state index is 12.9. The smallest absolute Gasteiger partial charge is 0.123 e. The van der Waals surface area contributed by atoms with Crippen LogP contribution in [0.1, 0.15) is 63.4 Å². The van der Waals surface area contributed by atoms with E-state index in [4.69, 9.17) is 0 Å². The first-order valence-corrected chi connectivity index (χ1v) is 7.05. The molecule has 1 aromatic carbocycles. The minimum absolute atomic E-state index is 0.124. The van der Waals surface area contributed by atoms with Crippen LogP contribution in [0, 0.1) is 11.7 Å². The van der Waals surface area contributed by atoms with Crippen LogP contribution in [0.4, 0.5) is 4.39 Å². The highest BCUT2D eigenvalue weighted by molar-refractivity contribution is 5.20. The van der Waals surface area contributed by atoms with E-state index in [9.17, 15) is 4.39 Å². The zero-order valence-corrected chi connectivity index (χ0v) is 10.8. The van der Waals surface area contributed by atoms with Crippen molar-refractivity contribution in [3.8, 4) is 0 Å². The van der Waals surface area contributed by atoms with Gasteiger partial charge in [0.25, 0.3) is 0 Å². The maximum atomic E-state index is 12.9. The Hall–Kier alpha value is -0.850. The van der Waals surface area contributed by atoms with Gasteiger partial charge in [-0.3, -0.25) is 0 Å². The summed E-state index contributed by atoms with van der Waals surface area (Å²) in [5.41, 5.74) is 1.32. The van der Waals surface area contributed by atoms with Crippen LogP contribution in [0.15, 0.2) is 24.3 Å². The predicted octanol–water partition coefficient (Wildman–Crippen LogP) is 5.29. The van der Waals surface area contributed by atoms with Crippen LogP contribution in [0.25, 0.3) is 0 Å². The highest BCUT2D eigenvalue weighted by Gasteiger charge is 2.19. The Morgan fingerprint density at radius 2 is 1.76 bits per heavy atom. The van der Waals surface area contributed by atoms with E-state index in [1.165, 1.54) is 50.5 Å². The second kappa shape index (κ2) is 6.18. The number of halogens is 1. The van der Waals surface area contributed by atoms with Crippen molar-refractivity contribution in [3.63, 3.8) is 0 Å².